The molecule has 2 aromatic carbocycles. The van der Waals surface area contributed by atoms with Crippen LogP contribution >= 0.6 is 0 Å². The van der Waals surface area contributed by atoms with Crippen LogP contribution in [0.15, 0.2) is 91.4 Å². The Kier molecular flexibility index (Phi) is 6.51. The van der Waals surface area contributed by atoms with E-state index in [0.717, 1.165) is 0 Å². The predicted molar refractivity (Wildman–Crippen MR) is 122 cm³/mol. The van der Waals surface area contributed by atoms with Crippen molar-refractivity contribution in [1.29, 1.82) is 0 Å². The molecule has 0 atom stereocenters. The zero-order valence-electron chi connectivity index (χ0n) is 17.2. The van der Waals surface area contributed by atoms with Crippen molar-refractivity contribution in [3.8, 4) is 11.5 Å². The Morgan fingerprint density at radius 3 is 2.15 bits per heavy atom. The molecule has 3 amide bonds. The topological polar surface area (TPSA) is 105 Å². The van der Waals surface area contributed by atoms with Gasteiger partial charge in [0.15, 0.2) is 0 Å². The van der Waals surface area contributed by atoms with Crippen LogP contribution in [0.5, 0.6) is 11.5 Å². The maximum Gasteiger partial charge on any atom is 0.323 e. The zero-order valence-corrected chi connectivity index (χ0v) is 17.2. The van der Waals surface area contributed by atoms with E-state index in [0.29, 0.717) is 34.3 Å². The monoisotopic (exact) mass is 443 g/mol. The smallest absolute Gasteiger partial charge is 0.323 e. The molecule has 0 aliphatic heterocycles. The summed E-state index contributed by atoms with van der Waals surface area (Å²) >= 11 is 0. The van der Waals surface area contributed by atoms with Crippen molar-refractivity contribution >= 4 is 29.1 Å². The molecule has 0 unspecified atom stereocenters. The van der Waals surface area contributed by atoms with Gasteiger partial charge in [-0.2, -0.15) is 0 Å². The Labute approximate surface area is 188 Å². The molecule has 0 aliphatic rings. The Hall–Kier alpha value is -4.79. The van der Waals surface area contributed by atoms with Crippen molar-refractivity contribution in [2.75, 3.05) is 16.0 Å². The van der Waals surface area contributed by atoms with E-state index in [1.54, 1.807) is 54.7 Å². The molecule has 0 spiro atoms. The second kappa shape index (κ2) is 10.0. The number of anilines is 3. The number of amides is 3. The summed E-state index contributed by atoms with van der Waals surface area (Å²) in [5.74, 6) is 0.615. The molecule has 3 N–H and O–H groups in total. The van der Waals surface area contributed by atoms with E-state index in [1.807, 2.05) is 0 Å². The lowest BCUT2D eigenvalue weighted by molar-refractivity contribution is 0.102. The van der Waals surface area contributed by atoms with Crippen LogP contribution < -0.4 is 20.7 Å². The SMILES string of the molecule is O=C(Nc1ccc(F)cc1)Nc1ccc(Oc2ccnc(NC(=O)c3cccnc3)c2)cc1. The van der Waals surface area contributed by atoms with Gasteiger partial charge in [0.05, 0.1) is 5.56 Å². The van der Waals surface area contributed by atoms with Crippen LogP contribution in [-0.4, -0.2) is 21.9 Å². The van der Waals surface area contributed by atoms with E-state index in [-0.39, 0.29) is 11.7 Å². The number of ether oxygens (including phenoxy) is 1. The molecule has 0 radical (unpaired) electrons. The molecule has 4 rings (SSSR count). The van der Waals surface area contributed by atoms with E-state index >= 15 is 0 Å². The minimum atomic E-state index is -0.460. The minimum absolute atomic E-state index is 0.331. The number of benzene rings is 2. The van der Waals surface area contributed by atoms with Gasteiger partial charge in [0.25, 0.3) is 5.91 Å². The van der Waals surface area contributed by atoms with E-state index in [9.17, 15) is 14.0 Å². The number of nitrogens with one attached hydrogen (secondary N) is 3. The van der Waals surface area contributed by atoms with Crippen LogP contribution in [0.3, 0.4) is 0 Å². The van der Waals surface area contributed by atoms with Gasteiger partial charge < -0.3 is 20.7 Å². The van der Waals surface area contributed by atoms with Gasteiger partial charge in [-0.3, -0.25) is 9.78 Å². The standard InChI is InChI=1S/C24H18FN5O3/c25-17-3-5-18(6-4-17)28-24(32)29-19-7-9-20(10-8-19)33-21-11-13-27-22(14-21)30-23(31)16-2-1-12-26-15-16/h1-15H,(H,27,30,31)(H2,28,29,32). The van der Waals surface area contributed by atoms with Crippen molar-refractivity contribution in [2.45, 2.75) is 0 Å². The van der Waals surface area contributed by atoms with Gasteiger partial charge in [0.1, 0.15) is 23.1 Å². The highest BCUT2D eigenvalue weighted by Gasteiger charge is 2.08. The molecular weight excluding hydrogens is 425 g/mol. The minimum Gasteiger partial charge on any atom is -0.457 e. The average Bonchev–Trinajstić information content (AvgIpc) is 2.83. The molecule has 8 nitrogen and oxygen atoms in total. The summed E-state index contributed by atoms with van der Waals surface area (Å²) in [4.78, 5) is 32.4. The fourth-order valence-electron chi connectivity index (χ4n) is 2.80. The second-order valence-electron chi connectivity index (χ2n) is 6.79. The van der Waals surface area contributed by atoms with E-state index in [1.165, 1.54) is 36.7 Å². The highest BCUT2D eigenvalue weighted by molar-refractivity contribution is 6.03. The highest BCUT2D eigenvalue weighted by atomic mass is 19.1. The number of pyridine rings is 2. The van der Waals surface area contributed by atoms with Crippen molar-refractivity contribution in [2.24, 2.45) is 0 Å². The molecule has 9 heteroatoms. The Bertz CT molecular complexity index is 1250. The normalized spacial score (nSPS) is 10.2. The molecule has 2 heterocycles. The lowest BCUT2D eigenvalue weighted by Gasteiger charge is -2.10. The van der Waals surface area contributed by atoms with Gasteiger partial charge in [-0.1, -0.05) is 0 Å². The van der Waals surface area contributed by atoms with Crippen molar-refractivity contribution in [1.82, 2.24) is 9.97 Å². The fraction of sp³-hybridized carbons (Fsp3) is 0. The summed E-state index contributed by atoms with van der Waals surface area (Å²) in [5.41, 5.74) is 1.43. The summed E-state index contributed by atoms with van der Waals surface area (Å²) in [6.07, 6.45) is 4.57. The Morgan fingerprint density at radius 1 is 0.788 bits per heavy atom. The summed E-state index contributed by atoms with van der Waals surface area (Å²) in [5, 5.41) is 7.99. The van der Waals surface area contributed by atoms with Gasteiger partial charge in [-0.05, 0) is 66.7 Å². The number of halogens is 1. The third-order valence-corrected chi connectivity index (χ3v) is 4.35. The first kappa shape index (κ1) is 21.4. The Morgan fingerprint density at radius 2 is 1.48 bits per heavy atom. The van der Waals surface area contributed by atoms with Gasteiger partial charge in [0, 0.05) is 36.0 Å². The first-order valence-electron chi connectivity index (χ1n) is 9.84. The van der Waals surface area contributed by atoms with Crippen LogP contribution in [0.25, 0.3) is 0 Å². The number of rotatable bonds is 6. The quantitative estimate of drug-likeness (QED) is 0.375. The maximum atomic E-state index is 12.9. The van der Waals surface area contributed by atoms with Crippen LogP contribution in [0.4, 0.5) is 26.4 Å². The van der Waals surface area contributed by atoms with E-state index in [2.05, 4.69) is 25.9 Å². The summed E-state index contributed by atoms with van der Waals surface area (Å²) in [6.45, 7) is 0. The van der Waals surface area contributed by atoms with Crippen LogP contribution in [0.2, 0.25) is 0 Å². The highest BCUT2D eigenvalue weighted by Crippen LogP contribution is 2.24. The van der Waals surface area contributed by atoms with Gasteiger partial charge in [0.2, 0.25) is 0 Å². The van der Waals surface area contributed by atoms with Crippen LogP contribution in [-0.2, 0) is 0 Å². The number of carbonyl (C=O) groups excluding carboxylic acids is 2. The lowest BCUT2D eigenvalue weighted by atomic mass is 10.2. The van der Waals surface area contributed by atoms with Crippen molar-refractivity contribution in [3.05, 3.63) is 103 Å². The molecule has 2 aromatic heterocycles. The Balaban J connectivity index is 1.34. The number of hydrogen-bond donors (Lipinski definition) is 3. The summed E-state index contributed by atoms with van der Waals surface area (Å²) < 4.78 is 18.8. The molecule has 0 saturated heterocycles. The summed E-state index contributed by atoms with van der Waals surface area (Å²) in [6, 6.07) is 18.3. The second-order valence-corrected chi connectivity index (χ2v) is 6.79. The van der Waals surface area contributed by atoms with Crippen LogP contribution in [0, 0.1) is 5.82 Å². The third-order valence-electron chi connectivity index (χ3n) is 4.35. The molecule has 0 bridgehead atoms. The fourth-order valence-corrected chi connectivity index (χ4v) is 2.80. The van der Waals surface area contributed by atoms with E-state index < -0.39 is 6.03 Å². The first-order chi connectivity index (χ1) is 16.0. The predicted octanol–water partition coefficient (Wildman–Crippen LogP) is 5.30. The molecule has 33 heavy (non-hydrogen) atoms. The maximum absolute atomic E-state index is 12.9. The average molecular weight is 443 g/mol. The number of carbonyl (C=O) groups is 2. The zero-order chi connectivity index (χ0) is 23.0. The third kappa shape index (κ3) is 6.11. The molecular formula is C24H18FN5O3. The number of nitrogens with zero attached hydrogens (tertiary/aromatic N) is 2. The van der Waals surface area contributed by atoms with Crippen LogP contribution in [0.1, 0.15) is 10.4 Å². The molecule has 0 saturated carbocycles. The molecule has 164 valence electrons. The molecule has 4 aromatic rings. The van der Waals surface area contributed by atoms with Gasteiger partial charge in [-0.15, -0.1) is 0 Å². The number of aromatic nitrogens is 2. The summed E-state index contributed by atoms with van der Waals surface area (Å²) in [7, 11) is 0. The van der Waals surface area contributed by atoms with Crippen molar-refractivity contribution in [3.63, 3.8) is 0 Å². The first-order valence-corrected chi connectivity index (χ1v) is 9.84. The molecule has 0 fully saturated rings. The lowest BCUT2D eigenvalue weighted by Crippen LogP contribution is -2.19. The van der Waals surface area contributed by atoms with E-state index in [4.69, 9.17) is 4.74 Å². The van der Waals surface area contributed by atoms with Crippen molar-refractivity contribution < 1.29 is 18.7 Å². The van der Waals surface area contributed by atoms with Gasteiger partial charge in [-0.25, -0.2) is 14.2 Å². The largest absolute Gasteiger partial charge is 0.457 e. The number of urea groups is 1. The molecule has 0 aliphatic carbocycles. The number of hydrogen-bond acceptors (Lipinski definition) is 5. The van der Waals surface area contributed by atoms with Gasteiger partial charge >= 0.3 is 6.03 Å².